The molecule has 0 spiro atoms. The number of imide groups is 1. The quantitative estimate of drug-likeness (QED) is 0.343. The third-order valence-electron chi connectivity index (χ3n) is 4.31. The maximum atomic E-state index is 13.3. The molecule has 0 unspecified atom stereocenters. The first kappa shape index (κ1) is 25.6. The molecule has 1 N–H and O–H groups in total. The minimum Gasteiger partial charge on any atom is -0.490 e. The van der Waals surface area contributed by atoms with Crippen LogP contribution in [0.3, 0.4) is 0 Å². The highest BCUT2D eigenvalue weighted by molar-refractivity contribution is 9.10. The Morgan fingerprint density at radius 1 is 1.32 bits per heavy atom. The van der Waals surface area contributed by atoms with Crippen molar-refractivity contribution in [3.63, 3.8) is 0 Å². The van der Waals surface area contributed by atoms with Crippen molar-refractivity contribution < 1.29 is 28.2 Å². The van der Waals surface area contributed by atoms with E-state index in [9.17, 15) is 18.8 Å². The van der Waals surface area contributed by atoms with E-state index in [0.717, 1.165) is 11.0 Å². The van der Waals surface area contributed by atoms with E-state index in [4.69, 9.17) is 27.5 Å². The molecule has 1 aliphatic rings. The van der Waals surface area contributed by atoms with Gasteiger partial charge in [-0.2, -0.15) is 0 Å². The highest BCUT2D eigenvalue weighted by Gasteiger charge is 2.36. The van der Waals surface area contributed by atoms with Crippen molar-refractivity contribution >= 4 is 68.1 Å². The van der Waals surface area contributed by atoms with E-state index in [1.54, 1.807) is 12.1 Å². The largest absolute Gasteiger partial charge is 0.490 e. The fourth-order valence-electron chi connectivity index (χ4n) is 2.89. The average molecular weight is 568 g/mol. The van der Waals surface area contributed by atoms with Crippen LogP contribution >= 0.6 is 39.3 Å². The standard InChI is InChI=1S/C23H17BrClFN2O5S/c1-3-7-33-21-15(24)8-13(9-18(21)32-4-2)10-19-22(30)28(23(31)34-19)12-20(29)27-14-5-6-17(26)16(25)11-14/h1,5-6,8-11H,4,7,12H2,2H3,(H,27,29)/b19-10-. The number of terminal acetylenes is 1. The molecule has 0 aromatic heterocycles. The molecule has 3 amide bonds. The molecule has 2 aromatic carbocycles. The Hall–Kier alpha value is -3.00. The Labute approximate surface area is 212 Å². The number of anilines is 1. The molecular formula is C23H17BrClFN2O5S. The monoisotopic (exact) mass is 566 g/mol. The molecule has 1 heterocycles. The molecule has 34 heavy (non-hydrogen) atoms. The van der Waals surface area contributed by atoms with Gasteiger partial charge in [0.25, 0.3) is 11.1 Å². The first-order valence-corrected chi connectivity index (χ1v) is 11.7. The predicted molar refractivity (Wildman–Crippen MR) is 132 cm³/mol. The third kappa shape index (κ3) is 6.11. The molecule has 1 fully saturated rings. The van der Waals surface area contributed by atoms with Gasteiger partial charge in [-0.25, -0.2) is 4.39 Å². The number of halogens is 3. The second kappa shape index (κ2) is 11.4. The predicted octanol–water partition coefficient (Wildman–Crippen LogP) is 5.33. The summed E-state index contributed by atoms with van der Waals surface area (Å²) in [7, 11) is 0. The van der Waals surface area contributed by atoms with E-state index in [2.05, 4.69) is 27.2 Å². The van der Waals surface area contributed by atoms with E-state index in [-0.39, 0.29) is 22.2 Å². The molecule has 176 valence electrons. The van der Waals surface area contributed by atoms with Gasteiger partial charge in [-0.05, 0) is 76.6 Å². The number of nitrogens with one attached hydrogen (secondary N) is 1. The SMILES string of the molecule is C#CCOc1c(Br)cc(/C=C2\SC(=O)N(CC(=O)Nc3ccc(F)c(Cl)c3)C2=O)cc1OCC. The van der Waals surface area contributed by atoms with E-state index in [1.807, 2.05) is 6.92 Å². The number of nitrogens with zero attached hydrogens (tertiary/aromatic N) is 1. The number of benzene rings is 2. The van der Waals surface area contributed by atoms with Crippen LogP contribution < -0.4 is 14.8 Å². The van der Waals surface area contributed by atoms with Gasteiger partial charge >= 0.3 is 0 Å². The van der Waals surface area contributed by atoms with Crippen LogP contribution in [0.5, 0.6) is 11.5 Å². The van der Waals surface area contributed by atoms with Gasteiger partial charge in [-0.15, -0.1) is 6.42 Å². The van der Waals surface area contributed by atoms with E-state index < -0.39 is 29.4 Å². The highest BCUT2D eigenvalue weighted by atomic mass is 79.9. The van der Waals surface area contributed by atoms with Gasteiger partial charge in [0, 0.05) is 5.69 Å². The minimum absolute atomic E-state index is 0.0447. The number of carbonyl (C=O) groups excluding carboxylic acids is 3. The lowest BCUT2D eigenvalue weighted by molar-refractivity contribution is -0.127. The summed E-state index contributed by atoms with van der Waals surface area (Å²) in [6.07, 6.45) is 6.77. The summed E-state index contributed by atoms with van der Waals surface area (Å²) in [6, 6.07) is 6.98. The van der Waals surface area contributed by atoms with Crippen molar-refractivity contribution in [3.05, 3.63) is 56.1 Å². The van der Waals surface area contributed by atoms with Crippen LogP contribution in [0.2, 0.25) is 5.02 Å². The molecule has 0 saturated carbocycles. The second-order valence-corrected chi connectivity index (χ2v) is 8.96. The summed E-state index contributed by atoms with van der Waals surface area (Å²) in [6.45, 7) is 1.71. The summed E-state index contributed by atoms with van der Waals surface area (Å²) in [5.41, 5.74) is 0.804. The number of hydrogen-bond donors (Lipinski definition) is 1. The summed E-state index contributed by atoms with van der Waals surface area (Å²) >= 11 is 9.81. The number of rotatable bonds is 8. The molecule has 1 saturated heterocycles. The topological polar surface area (TPSA) is 84.9 Å². The van der Waals surface area contributed by atoms with Crippen LogP contribution in [-0.4, -0.2) is 41.7 Å². The van der Waals surface area contributed by atoms with Crippen molar-refractivity contribution in [2.45, 2.75) is 6.92 Å². The van der Waals surface area contributed by atoms with Crippen LogP contribution in [0, 0.1) is 18.2 Å². The van der Waals surface area contributed by atoms with Gasteiger partial charge < -0.3 is 14.8 Å². The number of thioether (sulfide) groups is 1. The Morgan fingerprint density at radius 3 is 2.76 bits per heavy atom. The molecule has 7 nitrogen and oxygen atoms in total. The first-order chi connectivity index (χ1) is 16.2. The summed E-state index contributed by atoms with van der Waals surface area (Å²) in [5.74, 6) is 1.32. The number of amides is 3. The van der Waals surface area contributed by atoms with Crippen LogP contribution in [0.1, 0.15) is 12.5 Å². The highest BCUT2D eigenvalue weighted by Crippen LogP contribution is 2.39. The normalized spacial score (nSPS) is 14.3. The van der Waals surface area contributed by atoms with Crippen molar-refractivity contribution in [2.75, 3.05) is 25.1 Å². The van der Waals surface area contributed by atoms with Crippen molar-refractivity contribution in [1.29, 1.82) is 0 Å². The lowest BCUT2D eigenvalue weighted by Crippen LogP contribution is -2.36. The molecule has 0 aliphatic carbocycles. The number of carbonyl (C=O) groups is 3. The van der Waals surface area contributed by atoms with Gasteiger partial charge in [0.1, 0.15) is 19.0 Å². The summed E-state index contributed by atoms with van der Waals surface area (Å²) in [5, 5.41) is 1.72. The van der Waals surface area contributed by atoms with Crippen molar-refractivity contribution in [2.24, 2.45) is 0 Å². The van der Waals surface area contributed by atoms with Crippen LogP contribution in [0.25, 0.3) is 6.08 Å². The van der Waals surface area contributed by atoms with Crippen LogP contribution in [0.4, 0.5) is 14.9 Å². The Morgan fingerprint density at radius 2 is 2.09 bits per heavy atom. The van der Waals surface area contributed by atoms with E-state index in [1.165, 1.54) is 18.2 Å². The number of ether oxygens (including phenoxy) is 2. The second-order valence-electron chi connectivity index (χ2n) is 6.70. The molecule has 2 aromatic rings. The van der Waals surface area contributed by atoms with Crippen molar-refractivity contribution in [3.8, 4) is 23.8 Å². The number of hydrogen-bond acceptors (Lipinski definition) is 6. The minimum atomic E-state index is -0.636. The Bertz CT molecular complexity index is 1230. The zero-order chi connectivity index (χ0) is 24.8. The van der Waals surface area contributed by atoms with Gasteiger partial charge in [0.2, 0.25) is 5.91 Å². The fraction of sp³-hybridized carbons (Fsp3) is 0.174. The molecular weight excluding hydrogens is 551 g/mol. The van der Waals surface area contributed by atoms with Crippen molar-refractivity contribution in [1.82, 2.24) is 4.90 Å². The summed E-state index contributed by atoms with van der Waals surface area (Å²) in [4.78, 5) is 38.5. The molecule has 3 rings (SSSR count). The van der Waals surface area contributed by atoms with Gasteiger partial charge in [0.15, 0.2) is 11.5 Å². The first-order valence-electron chi connectivity index (χ1n) is 9.76. The Balaban J connectivity index is 1.76. The average Bonchev–Trinajstić information content (AvgIpc) is 3.03. The lowest BCUT2D eigenvalue weighted by atomic mass is 10.2. The zero-order valence-electron chi connectivity index (χ0n) is 17.7. The maximum Gasteiger partial charge on any atom is 0.294 e. The molecule has 1 aliphatic heterocycles. The van der Waals surface area contributed by atoms with Crippen LogP contribution in [0.15, 0.2) is 39.7 Å². The molecule has 0 atom stereocenters. The smallest absolute Gasteiger partial charge is 0.294 e. The Kier molecular flexibility index (Phi) is 8.61. The van der Waals surface area contributed by atoms with Gasteiger partial charge in [-0.3, -0.25) is 19.3 Å². The summed E-state index contributed by atoms with van der Waals surface area (Å²) < 4.78 is 25.0. The molecule has 11 heteroatoms. The van der Waals surface area contributed by atoms with E-state index >= 15 is 0 Å². The maximum absolute atomic E-state index is 13.3. The molecule has 0 radical (unpaired) electrons. The van der Waals surface area contributed by atoms with Crippen LogP contribution in [-0.2, 0) is 9.59 Å². The van der Waals surface area contributed by atoms with E-state index in [0.29, 0.717) is 39.9 Å². The van der Waals surface area contributed by atoms with Gasteiger partial charge in [-0.1, -0.05) is 17.5 Å². The fourth-order valence-corrected chi connectivity index (χ4v) is 4.49. The third-order valence-corrected chi connectivity index (χ3v) is 6.09. The zero-order valence-corrected chi connectivity index (χ0v) is 20.9. The lowest BCUT2D eigenvalue weighted by Gasteiger charge is -2.13. The molecule has 0 bridgehead atoms. The van der Waals surface area contributed by atoms with Gasteiger partial charge in [0.05, 0.1) is 21.0 Å².